The Morgan fingerprint density at radius 1 is 1.05 bits per heavy atom. The predicted molar refractivity (Wildman–Crippen MR) is 82.4 cm³/mol. The van der Waals surface area contributed by atoms with Gasteiger partial charge in [0, 0.05) is 12.2 Å². The van der Waals surface area contributed by atoms with Gasteiger partial charge in [-0.1, -0.05) is 54.1 Å². The van der Waals surface area contributed by atoms with Crippen molar-refractivity contribution in [3.05, 3.63) is 71.3 Å². The number of fused-ring (bicyclic) bond motifs is 1. The Hall–Kier alpha value is -2.02. The van der Waals surface area contributed by atoms with Gasteiger partial charge in [-0.15, -0.1) is 0 Å². The van der Waals surface area contributed by atoms with E-state index in [0.29, 0.717) is 6.04 Å². The first-order valence-corrected chi connectivity index (χ1v) is 6.90. The highest BCUT2D eigenvalue weighted by atomic mass is 15.2. The molecule has 0 radical (unpaired) electrons. The van der Waals surface area contributed by atoms with E-state index in [0.717, 1.165) is 6.54 Å². The molecule has 0 unspecified atom stereocenters. The van der Waals surface area contributed by atoms with Gasteiger partial charge < -0.3 is 4.90 Å². The Balaban J connectivity index is 2.05. The van der Waals surface area contributed by atoms with Crippen LogP contribution in [0.15, 0.2) is 54.6 Å². The minimum atomic E-state index is 0.349. The fraction of sp³-hybridized carbons (Fsp3) is 0.222. The van der Waals surface area contributed by atoms with E-state index >= 15 is 0 Å². The molecule has 0 bridgehead atoms. The summed E-state index contributed by atoms with van der Waals surface area (Å²) in [6.45, 7) is 5.38. The fourth-order valence-corrected chi connectivity index (χ4v) is 2.83. The standard InChI is InChI=1S/C18H19N/c1-3-19-17(15-7-5-4-6-8-15)12-10-16-13-14(2)9-11-18(16)19/h4-13,17H,3H2,1-2H3/t17-/m1/s1. The summed E-state index contributed by atoms with van der Waals surface area (Å²) in [5.74, 6) is 0. The highest BCUT2D eigenvalue weighted by Crippen LogP contribution is 2.36. The van der Waals surface area contributed by atoms with Gasteiger partial charge in [-0.2, -0.15) is 0 Å². The highest BCUT2D eigenvalue weighted by molar-refractivity contribution is 5.73. The van der Waals surface area contributed by atoms with Gasteiger partial charge >= 0.3 is 0 Å². The molecule has 0 N–H and O–H groups in total. The molecular formula is C18H19N. The Bertz CT molecular complexity index is 598. The Morgan fingerprint density at radius 3 is 2.58 bits per heavy atom. The van der Waals surface area contributed by atoms with Crippen molar-refractivity contribution in [1.82, 2.24) is 0 Å². The van der Waals surface area contributed by atoms with E-state index in [4.69, 9.17) is 0 Å². The second-order valence-corrected chi connectivity index (χ2v) is 5.06. The van der Waals surface area contributed by atoms with Gasteiger partial charge in [0.25, 0.3) is 0 Å². The fourth-order valence-electron chi connectivity index (χ4n) is 2.83. The monoisotopic (exact) mass is 249 g/mol. The van der Waals surface area contributed by atoms with Crippen LogP contribution in [-0.4, -0.2) is 6.54 Å². The largest absolute Gasteiger partial charge is 0.361 e. The van der Waals surface area contributed by atoms with Crippen LogP contribution in [0.4, 0.5) is 5.69 Å². The molecule has 0 spiro atoms. The lowest BCUT2D eigenvalue weighted by atomic mass is 9.96. The van der Waals surface area contributed by atoms with Gasteiger partial charge in [0.1, 0.15) is 0 Å². The van der Waals surface area contributed by atoms with Gasteiger partial charge in [0.05, 0.1) is 6.04 Å². The minimum absolute atomic E-state index is 0.349. The van der Waals surface area contributed by atoms with Crippen LogP contribution in [0.2, 0.25) is 0 Å². The zero-order valence-electron chi connectivity index (χ0n) is 11.5. The van der Waals surface area contributed by atoms with Gasteiger partial charge in [-0.3, -0.25) is 0 Å². The summed E-state index contributed by atoms with van der Waals surface area (Å²) in [5, 5.41) is 0. The lowest BCUT2D eigenvalue weighted by molar-refractivity contribution is 0.741. The normalized spacial score (nSPS) is 17.4. The molecule has 2 aromatic carbocycles. The molecule has 1 heterocycles. The molecule has 96 valence electrons. The van der Waals surface area contributed by atoms with E-state index < -0.39 is 0 Å². The van der Waals surface area contributed by atoms with Crippen molar-refractivity contribution in [2.45, 2.75) is 19.9 Å². The summed E-state index contributed by atoms with van der Waals surface area (Å²) in [5.41, 5.74) is 5.34. The molecule has 19 heavy (non-hydrogen) atoms. The number of hydrogen-bond donors (Lipinski definition) is 0. The van der Waals surface area contributed by atoms with Gasteiger partial charge in [0.2, 0.25) is 0 Å². The van der Waals surface area contributed by atoms with E-state index in [1.807, 2.05) is 0 Å². The molecule has 1 aliphatic heterocycles. The minimum Gasteiger partial charge on any atom is -0.361 e. The van der Waals surface area contributed by atoms with Crippen molar-refractivity contribution in [1.29, 1.82) is 0 Å². The van der Waals surface area contributed by atoms with Gasteiger partial charge in [-0.25, -0.2) is 0 Å². The average molecular weight is 249 g/mol. The molecule has 0 saturated heterocycles. The van der Waals surface area contributed by atoms with Crippen LogP contribution in [0.3, 0.4) is 0 Å². The van der Waals surface area contributed by atoms with Crippen LogP contribution >= 0.6 is 0 Å². The summed E-state index contributed by atoms with van der Waals surface area (Å²) in [4.78, 5) is 2.46. The topological polar surface area (TPSA) is 3.24 Å². The average Bonchev–Trinajstić information content (AvgIpc) is 2.46. The van der Waals surface area contributed by atoms with Crippen molar-refractivity contribution in [2.24, 2.45) is 0 Å². The van der Waals surface area contributed by atoms with Crippen molar-refractivity contribution in [2.75, 3.05) is 11.4 Å². The van der Waals surface area contributed by atoms with Crippen molar-refractivity contribution in [3.8, 4) is 0 Å². The second kappa shape index (κ2) is 4.93. The summed E-state index contributed by atoms with van der Waals surface area (Å²) < 4.78 is 0. The molecule has 0 saturated carbocycles. The highest BCUT2D eigenvalue weighted by Gasteiger charge is 2.22. The molecule has 0 aliphatic carbocycles. The maximum atomic E-state index is 2.46. The number of anilines is 1. The molecule has 1 atom stereocenters. The number of rotatable bonds is 2. The molecule has 1 aliphatic rings. The van der Waals surface area contributed by atoms with Crippen LogP contribution in [0.25, 0.3) is 6.08 Å². The molecule has 3 rings (SSSR count). The maximum Gasteiger partial charge on any atom is 0.0729 e. The summed E-state index contributed by atoms with van der Waals surface area (Å²) in [6, 6.07) is 17.8. The summed E-state index contributed by atoms with van der Waals surface area (Å²) in [7, 11) is 0. The third-order valence-corrected chi connectivity index (χ3v) is 3.77. The quantitative estimate of drug-likeness (QED) is 0.752. The first-order chi connectivity index (χ1) is 9.29. The molecule has 2 aromatic rings. The van der Waals surface area contributed by atoms with Crippen molar-refractivity contribution in [3.63, 3.8) is 0 Å². The first kappa shape index (κ1) is 12.0. The van der Waals surface area contributed by atoms with E-state index in [2.05, 4.69) is 79.4 Å². The van der Waals surface area contributed by atoms with Crippen molar-refractivity contribution < 1.29 is 0 Å². The van der Waals surface area contributed by atoms with E-state index in [9.17, 15) is 0 Å². The zero-order chi connectivity index (χ0) is 13.2. The zero-order valence-corrected chi connectivity index (χ0v) is 11.5. The van der Waals surface area contributed by atoms with Crippen LogP contribution in [0.1, 0.15) is 29.7 Å². The molecule has 1 nitrogen and oxygen atoms in total. The third-order valence-electron chi connectivity index (χ3n) is 3.77. The SMILES string of the molecule is CCN1c2ccc(C)cc2C=C[C@@H]1c1ccccc1. The Kier molecular flexibility index (Phi) is 3.12. The maximum absolute atomic E-state index is 2.46. The van der Waals surface area contributed by atoms with Crippen LogP contribution in [-0.2, 0) is 0 Å². The smallest absolute Gasteiger partial charge is 0.0729 e. The van der Waals surface area contributed by atoms with E-state index in [1.54, 1.807) is 0 Å². The molecule has 0 aromatic heterocycles. The van der Waals surface area contributed by atoms with Crippen LogP contribution < -0.4 is 4.90 Å². The number of hydrogen-bond acceptors (Lipinski definition) is 1. The Morgan fingerprint density at radius 2 is 1.84 bits per heavy atom. The number of benzene rings is 2. The molecule has 1 heteroatoms. The number of nitrogens with zero attached hydrogens (tertiary/aromatic N) is 1. The number of likely N-dealkylation sites (N-methyl/N-ethyl adjacent to an activating group) is 1. The summed E-state index contributed by atoms with van der Waals surface area (Å²) in [6.07, 6.45) is 4.56. The van der Waals surface area contributed by atoms with E-state index in [1.165, 1.54) is 22.4 Å². The van der Waals surface area contributed by atoms with Crippen LogP contribution in [0.5, 0.6) is 0 Å². The first-order valence-electron chi connectivity index (χ1n) is 6.90. The van der Waals surface area contributed by atoms with Crippen LogP contribution in [0, 0.1) is 6.92 Å². The predicted octanol–water partition coefficient (Wildman–Crippen LogP) is 4.59. The number of aryl methyl sites for hydroxylation is 1. The van der Waals surface area contributed by atoms with Crippen molar-refractivity contribution >= 4 is 11.8 Å². The van der Waals surface area contributed by atoms with Gasteiger partial charge in [-0.05, 0) is 37.1 Å². The molecular weight excluding hydrogens is 230 g/mol. The second-order valence-electron chi connectivity index (χ2n) is 5.06. The molecule has 0 amide bonds. The summed E-state index contributed by atoms with van der Waals surface area (Å²) >= 11 is 0. The lowest BCUT2D eigenvalue weighted by Crippen LogP contribution is -2.29. The van der Waals surface area contributed by atoms with E-state index in [-0.39, 0.29) is 0 Å². The molecule has 0 fully saturated rings. The lowest BCUT2D eigenvalue weighted by Gasteiger charge is -2.35. The Labute approximate surface area is 115 Å². The third kappa shape index (κ3) is 2.17. The van der Waals surface area contributed by atoms with Gasteiger partial charge in [0.15, 0.2) is 0 Å².